The van der Waals surface area contributed by atoms with Gasteiger partial charge in [-0.3, -0.25) is 9.47 Å². The number of imidazole rings is 1. The summed E-state index contributed by atoms with van der Waals surface area (Å²) >= 11 is 1.58. The third kappa shape index (κ3) is 4.17. The van der Waals surface area contributed by atoms with Crippen molar-refractivity contribution in [2.45, 2.75) is 19.0 Å². The van der Waals surface area contributed by atoms with Gasteiger partial charge in [0.1, 0.15) is 5.52 Å². The topological polar surface area (TPSA) is 108 Å². The summed E-state index contributed by atoms with van der Waals surface area (Å²) in [5.74, 6) is 0.798. The molecule has 27 heavy (non-hydrogen) atoms. The molecule has 0 bridgehead atoms. The number of carbonyl (C=O) groups is 1. The van der Waals surface area contributed by atoms with E-state index in [-0.39, 0.29) is 6.04 Å². The summed E-state index contributed by atoms with van der Waals surface area (Å²) in [7, 11) is 0. The highest BCUT2D eigenvalue weighted by atomic mass is 32.1. The van der Waals surface area contributed by atoms with Crippen molar-refractivity contribution >= 4 is 34.5 Å². The largest absolute Gasteiger partial charge is 0.465 e. The molecule has 1 unspecified atom stereocenters. The van der Waals surface area contributed by atoms with Crippen LogP contribution in [0.5, 0.6) is 0 Å². The lowest BCUT2D eigenvalue weighted by atomic mass is 10.3. The predicted octanol–water partition coefficient (Wildman–Crippen LogP) is 1.69. The van der Waals surface area contributed by atoms with Crippen LogP contribution in [0, 0.1) is 0 Å². The summed E-state index contributed by atoms with van der Waals surface area (Å²) < 4.78 is 2.07. The molecule has 10 heteroatoms. The van der Waals surface area contributed by atoms with Crippen molar-refractivity contribution in [1.82, 2.24) is 29.7 Å². The highest BCUT2D eigenvalue weighted by Crippen LogP contribution is 2.22. The van der Waals surface area contributed by atoms with Crippen LogP contribution < -0.4 is 10.6 Å². The molecule has 3 aromatic rings. The Morgan fingerprint density at radius 1 is 1.41 bits per heavy atom. The van der Waals surface area contributed by atoms with Crippen molar-refractivity contribution in [3.8, 4) is 0 Å². The number of carboxylic acid groups (broad SMARTS) is 1. The van der Waals surface area contributed by atoms with Crippen molar-refractivity contribution in [2.75, 3.05) is 31.5 Å². The van der Waals surface area contributed by atoms with Crippen LogP contribution in [0.1, 0.15) is 12.1 Å². The van der Waals surface area contributed by atoms with Crippen LogP contribution in [0.15, 0.2) is 29.2 Å². The minimum absolute atomic E-state index is 0.265. The molecule has 1 aliphatic heterocycles. The first-order valence-electron chi connectivity index (χ1n) is 8.83. The van der Waals surface area contributed by atoms with E-state index in [1.807, 2.05) is 23.0 Å². The standard InChI is InChI=1S/C17H21N7O2S/c25-17(26)19-5-7-23-6-3-12(8-23)21-16-22-14-2-1-4-18-15(14)24(16)9-13-10-27-11-20-13/h1-2,4,10-12,19H,3,5-9H2,(H,21,22)(H,25,26). The molecule has 4 heterocycles. The molecular weight excluding hydrogens is 366 g/mol. The second-order valence-electron chi connectivity index (χ2n) is 6.51. The molecule has 0 spiro atoms. The van der Waals surface area contributed by atoms with Crippen LogP contribution in [0.4, 0.5) is 10.7 Å². The van der Waals surface area contributed by atoms with E-state index < -0.39 is 6.09 Å². The van der Waals surface area contributed by atoms with Gasteiger partial charge in [-0.15, -0.1) is 11.3 Å². The zero-order valence-corrected chi connectivity index (χ0v) is 15.5. The van der Waals surface area contributed by atoms with E-state index in [0.717, 1.165) is 42.3 Å². The maximum atomic E-state index is 10.6. The number of fused-ring (bicyclic) bond motifs is 1. The Morgan fingerprint density at radius 2 is 2.33 bits per heavy atom. The van der Waals surface area contributed by atoms with Crippen molar-refractivity contribution < 1.29 is 9.90 Å². The maximum absolute atomic E-state index is 10.6. The van der Waals surface area contributed by atoms with Crippen molar-refractivity contribution in [2.24, 2.45) is 0 Å². The van der Waals surface area contributed by atoms with Crippen molar-refractivity contribution in [3.05, 3.63) is 34.9 Å². The molecule has 3 aromatic heterocycles. The number of aromatic nitrogens is 4. The van der Waals surface area contributed by atoms with Gasteiger partial charge in [0.2, 0.25) is 5.95 Å². The minimum atomic E-state index is -0.980. The van der Waals surface area contributed by atoms with Gasteiger partial charge >= 0.3 is 6.09 Å². The molecule has 142 valence electrons. The number of nitrogens with zero attached hydrogens (tertiary/aromatic N) is 5. The molecule has 1 fully saturated rings. The van der Waals surface area contributed by atoms with E-state index in [4.69, 9.17) is 10.1 Å². The summed E-state index contributed by atoms with van der Waals surface area (Å²) in [6, 6.07) is 4.11. The molecule has 9 nitrogen and oxygen atoms in total. The fourth-order valence-corrected chi connectivity index (χ4v) is 3.90. The average molecular weight is 387 g/mol. The number of pyridine rings is 1. The van der Waals surface area contributed by atoms with Crippen LogP contribution in [0.3, 0.4) is 0 Å². The normalized spacial score (nSPS) is 17.4. The molecule has 0 saturated carbocycles. The van der Waals surface area contributed by atoms with Crippen molar-refractivity contribution in [1.29, 1.82) is 0 Å². The number of hydrogen-bond acceptors (Lipinski definition) is 7. The van der Waals surface area contributed by atoms with E-state index in [1.165, 1.54) is 0 Å². The molecule has 4 rings (SSSR count). The number of rotatable bonds is 7. The maximum Gasteiger partial charge on any atom is 0.404 e. The molecule has 1 atom stereocenters. The second kappa shape index (κ2) is 7.89. The lowest BCUT2D eigenvalue weighted by Crippen LogP contribution is -2.34. The van der Waals surface area contributed by atoms with Crippen molar-refractivity contribution in [3.63, 3.8) is 0 Å². The zero-order valence-electron chi connectivity index (χ0n) is 14.7. The number of nitrogens with one attached hydrogen (secondary N) is 2. The highest BCUT2D eigenvalue weighted by Gasteiger charge is 2.24. The van der Waals surface area contributed by atoms with Crippen LogP contribution in [0.2, 0.25) is 0 Å². The van der Waals surface area contributed by atoms with E-state index in [9.17, 15) is 4.79 Å². The molecule has 1 saturated heterocycles. The van der Waals surface area contributed by atoms with Gasteiger partial charge in [0.05, 0.1) is 17.7 Å². The average Bonchev–Trinajstić information content (AvgIpc) is 3.37. The molecule has 1 amide bonds. The monoisotopic (exact) mass is 387 g/mol. The third-order valence-corrected chi connectivity index (χ3v) is 5.25. The van der Waals surface area contributed by atoms with Gasteiger partial charge in [-0.2, -0.15) is 0 Å². The Kier molecular flexibility index (Phi) is 5.16. The highest BCUT2D eigenvalue weighted by molar-refractivity contribution is 7.07. The summed E-state index contributed by atoms with van der Waals surface area (Å²) in [6.45, 7) is 3.56. The number of likely N-dealkylation sites (tertiary alicyclic amines) is 1. The quantitative estimate of drug-likeness (QED) is 0.566. The van der Waals surface area contributed by atoms with Gasteiger partial charge in [-0.25, -0.2) is 19.7 Å². The Labute approximate surface area is 160 Å². The zero-order chi connectivity index (χ0) is 18.6. The first-order chi connectivity index (χ1) is 13.2. The summed E-state index contributed by atoms with van der Waals surface area (Å²) in [5, 5.41) is 16.7. The number of anilines is 1. The SMILES string of the molecule is O=C(O)NCCN1CCC(Nc2nc3cccnc3n2Cc2cscn2)C1. The summed E-state index contributed by atoms with van der Waals surface area (Å²) in [6.07, 6.45) is 1.78. The first kappa shape index (κ1) is 17.7. The fraction of sp³-hybridized carbons (Fsp3) is 0.412. The number of hydrogen-bond donors (Lipinski definition) is 3. The Balaban J connectivity index is 1.46. The van der Waals surface area contributed by atoms with Crippen LogP contribution >= 0.6 is 11.3 Å². The van der Waals surface area contributed by atoms with E-state index in [2.05, 4.69) is 30.1 Å². The molecule has 0 radical (unpaired) electrons. The molecule has 3 N–H and O–H groups in total. The Morgan fingerprint density at radius 3 is 3.15 bits per heavy atom. The lowest BCUT2D eigenvalue weighted by Gasteiger charge is -2.17. The van der Waals surface area contributed by atoms with Gasteiger partial charge in [0.15, 0.2) is 5.65 Å². The predicted molar refractivity (Wildman–Crippen MR) is 103 cm³/mol. The lowest BCUT2D eigenvalue weighted by molar-refractivity contribution is 0.192. The first-order valence-corrected chi connectivity index (χ1v) is 9.77. The van der Waals surface area contributed by atoms with E-state index in [1.54, 1.807) is 17.5 Å². The second-order valence-corrected chi connectivity index (χ2v) is 7.23. The number of amides is 1. The van der Waals surface area contributed by atoms with Gasteiger partial charge < -0.3 is 15.7 Å². The molecule has 0 aliphatic carbocycles. The smallest absolute Gasteiger partial charge is 0.404 e. The van der Waals surface area contributed by atoms with E-state index in [0.29, 0.717) is 19.6 Å². The van der Waals surface area contributed by atoms with E-state index >= 15 is 0 Å². The Hall–Kier alpha value is -2.72. The minimum Gasteiger partial charge on any atom is -0.465 e. The summed E-state index contributed by atoms with van der Waals surface area (Å²) in [5.41, 5.74) is 4.51. The van der Waals surface area contributed by atoms with Crippen LogP contribution in [0.25, 0.3) is 11.2 Å². The molecule has 0 aromatic carbocycles. The number of thiazole rings is 1. The fourth-order valence-electron chi connectivity index (χ4n) is 3.35. The summed E-state index contributed by atoms with van der Waals surface area (Å²) in [4.78, 5) is 26.4. The van der Waals surface area contributed by atoms with Crippen LogP contribution in [-0.4, -0.2) is 67.8 Å². The van der Waals surface area contributed by atoms with Crippen LogP contribution in [-0.2, 0) is 6.54 Å². The molecular formula is C17H21N7O2S. The van der Waals surface area contributed by atoms with Gasteiger partial charge in [0.25, 0.3) is 0 Å². The molecule has 1 aliphatic rings. The van der Waals surface area contributed by atoms with Gasteiger partial charge in [-0.05, 0) is 18.6 Å². The Bertz CT molecular complexity index is 911. The van der Waals surface area contributed by atoms with Gasteiger partial charge in [-0.1, -0.05) is 0 Å². The third-order valence-electron chi connectivity index (χ3n) is 4.62. The van der Waals surface area contributed by atoms with Gasteiger partial charge in [0, 0.05) is 43.8 Å².